The SMILES string of the molecule is COCCNCC(Cc1ccoc1)c1ccc(C)cc1. The Kier molecular flexibility index (Phi) is 5.84. The van der Waals surface area contributed by atoms with Crippen molar-refractivity contribution in [2.45, 2.75) is 19.3 Å². The lowest BCUT2D eigenvalue weighted by Gasteiger charge is -2.18. The molecule has 0 aliphatic rings. The molecular formula is C17H23NO2. The summed E-state index contributed by atoms with van der Waals surface area (Å²) in [6, 6.07) is 10.8. The van der Waals surface area contributed by atoms with E-state index in [9.17, 15) is 0 Å². The van der Waals surface area contributed by atoms with Crippen LogP contribution in [0, 0.1) is 6.92 Å². The molecule has 0 aliphatic heterocycles. The molecule has 20 heavy (non-hydrogen) atoms. The molecule has 0 radical (unpaired) electrons. The second-order valence-corrected chi connectivity index (χ2v) is 5.14. The van der Waals surface area contributed by atoms with E-state index in [-0.39, 0.29) is 0 Å². The summed E-state index contributed by atoms with van der Waals surface area (Å²) < 4.78 is 10.2. The Bertz CT molecular complexity index is 476. The van der Waals surface area contributed by atoms with Crippen molar-refractivity contribution >= 4 is 0 Å². The highest BCUT2D eigenvalue weighted by molar-refractivity contribution is 5.26. The van der Waals surface area contributed by atoms with Crippen LogP contribution < -0.4 is 5.32 Å². The highest BCUT2D eigenvalue weighted by atomic mass is 16.5. The summed E-state index contributed by atoms with van der Waals surface area (Å²) in [4.78, 5) is 0. The van der Waals surface area contributed by atoms with Gasteiger partial charge in [0.2, 0.25) is 0 Å². The predicted molar refractivity (Wildman–Crippen MR) is 81.1 cm³/mol. The maximum atomic E-state index is 5.17. The minimum atomic E-state index is 0.449. The van der Waals surface area contributed by atoms with Crippen molar-refractivity contribution in [2.24, 2.45) is 0 Å². The van der Waals surface area contributed by atoms with Crippen molar-refractivity contribution in [3.8, 4) is 0 Å². The zero-order valence-electron chi connectivity index (χ0n) is 12.3. The van der Waals surface area contributed by atoms with Crippen LogP contribution in [0.25, 0.3) is 0 Å². The Morgan fingerprint density at radius 2 is 2.00 bits per heavy atom. The molecule has 1 aromatic heterocycles. The number of aryl methyl sites for hydroxylation is 1. The summed E-state index contributed by atoms with van der Waals surface area (Å²) in [5.74, 6) is 0.449. The number of hydrogen-bond acceptors (Lipinski definition) is 3. The summed E-state index contributed by atoms with van der Waals surface area (Å²) >= 11 is 0. The van der Waals surface area contributed by atoms with E-state index in [0.29, 0.717) is 5.92 Å². The Morgan fingerprint density at radius 3 is 2.65 bits per heavy atom. The van der Waals surface area contributed by atoms with Crippen LogP contribution in [0.15, 0.2) is 47.3 Å². The van der Waals surface area contributed by atoms with Crippen LogP contribution in [-0.4, -0.2) is 26.8 Å². The fourth-order valence-corrected chi connectivity index (χ4v) is 2.29. The van der Waals surface area contributed by atoms with Gasteiger partial charge in [0, 0.05) is 26.1 Å². The number of ether oxygens (including phenoxy) is 1. The number of benzene rings is 1. The summed E-state index contributed by atoms with van der Waals surface area (Å²) in [7, 11) is 1.73. The number of hydrogen-bond donors (Lipinski definition) is 1. The zero-order valence-corrected chi connectivity index (χ0v) is 12.3. The first-order chi connectivity index (χ1) is 9.79. The van der Waals surface area contributed by atoms with Gasteiger partial charge in [-0.3, -0.25) is 0 Å². The molecule has 1 unspecified atom stereocenters. The fraction of sp³-hybridized carbons (Fsp3) is 0.412. The van der Waals surface area contributed by atoms with E-state index >= 15 is 0 Å². The van der Waals surface area contributed by atoms with Gasteiger partial charge in [0.25, 0.3) is 0 Å². The molecule has 0 spiro atoms. The average Bonchev–Trinajstić information content (AvgIpc) is 2.96. The van der Waals surface area contributed by atoms with Gasteiger partial charge in [0.15, 0.2) is 0 Å². The highest BCUT2D eigenvalue weighted by Gasteiger charge is 2.12. The maximum Gasteiger partial charge on any atom is 0.0934 e. The van der Waals surface area contributed by atoms with Gasteiger partial charge in [0.1, 0.15) is 0 Å². The van der Waals surface area contributed by atoms with Gasteiger partial charge in [-0.1, -0.05) is 29.8 Å². The molecule has 1 heterocycles. The third kappa shape index (κ3) is 4.51. The van der Waals surface area contributed by atoms with E-state index in [1.165, 1.54) is 16.7 Å². The molecule has 0 saturated heterocycles. The molecule has 0 aliphatic carbocycles. The number of methoxy groups -OCH3 is 1. The minimum absolute atomic E-state index is 0.449. The third-order valence-corrected chi connectivity index (χ3v) is 3.48. The molecule has 0 bridgehead atoms. The van der Waals surface area contributed by atoms with Crippen LogP contribution in [0.3, 0.4) is 0 Å². The van der Waals surface area contributed by atoms with Gasteiger partial charge in [0.05, 0.1) is 19.1 Å². The van der Waals surface area contributed by atoms with Crippen molar-refractivity contribution in [3.63, 3.8) is 0 Å². The lowest BCUT2D eigenvalue weighted by atomic mass is 9.92. The summed E-state index contributed by atoms with van der Waals surface area (Å²) in [6.07, 6.45) is 4.55. The quantitative estimate of drug-likeness (QED) is 0.750. The molecule has 1 aromatic carbocycles. The Labute approximate surface area is 121 Å². The standard InChI is InChI=1S/C17H23NO2/c1-14-3-5-16(6-4-14)17(12-18-8-10-19-2)11-15-7-9-20-13-15/h3-7,9,13,17-18H,8,10-12H2,1-2H3. The molecular weight excluding hydrogens is 250 g/mol. The first-order valence-electron chi connectivity index (χ1n) is 7.07. The second-order valence-electron chi connectivity index (χ2n) is 5.14. The van der Waals surface area contributed by atoms with Crippen LogP contribution in [0.5, 0.6) is 0 Å². The molecule has 3 nitrogen and oxygen atoms in total. The fourth-order valence-electron chi connectivity index (χ4n) is 2.29. The van der Waals surface area contributed by atoms with Gasteiger partial charge in [-0.15, -0.1) is 0 Å². The smallest absolute Gasteiger partial charge is 0.0934 e. The van der Waals surface area contributed by atoms with Crippen LogP contribution in [0.1, 0.15) is 22.6 Å². The van der Waals surface area contributed by atoms with Crippen molar-refractivity contribution in [1.29, 1.82) is 0 Å². The van der Waals surface area contributed by atoms with Crippen LogP contribution in [0.4, 0.5) is 0 Å². The molecule has 108 valence electrons. The van der Waals surface area contributed by atoms with Crippen molar-refractivity contribution in [3.05, 3.63) is 59.5 Å². The lowest BCUT2D eigenvalue weighted by molar-refractivity contribution is 0.199. The summed E-state index contributed by atoms with van der Waals surface area (Å²) in [5.41, 5.74) is 3.90. The van der Waals surface area contributed by atoms with Gasteiger partial charge in [-0.25, -0.2) is 0 Å². The van der Waals surface area contributed by atoms with Crippen LogP contribution >= 0.6 is 0 Å². The Morgan fingerprint density at radius 1 is 1.20 bits per heavy atom. The summed E-state index contributed by atoms with van der Waals surface area (Å²) in [6.45, 7) is 4.68. The van der Waals surface area contributed by atoms with Crippen molar-refractivity contribution in [2.75, 3.05) is 26.8 Å². The van der Waals surface area contributed by atoms with Crippen molar-refractivity contribution < 1.29 is 9.15 Å². The normalized spacial score (nSPS) is 12.5. The zero-order chi connectivity index (χ0) is 14.2. The van der Waals surface area contributed by atoms with Gasteiger partial charge in [-0.05, 0) is 30.5 Å². The van der Waals surface area contributed by atoms with E-state index in [1.54, 1.807) is 13.4 Å². The maximum absolute atomic E-state index is 5.17. The van der Waals surface area contributed by atoms with Gasteiger partial charge in [-0.2, -0.15) is 0 Å². The van der Waals surface area contributed by atoms with E-state index in [0.717, 1.165) is 26.1 Å². The molecule has 2 aromatic rings. The van der Waals surface area contributed by atoms with Crippen LogP contribution in [-0.2, 0) is 11.2 Å². The third-order valence-electron chi connectivity index (χ3n) is 3.48. The monoisotopic (exact) mass is 273 g/mol. The number of nitrogens with one attached hydrogen (secondary N) is 1. The predicted octanol–water partition coefficient (Wildman–Crippen LogP) is 3.15. The molecule has 1 N–H and O–H groups in total. The lowest BCUT2D eigenvalue weighted by Crippen LogP contribution is -2.26. The van der Waals surface area contributed by atoms with Gasteiger partial charge >= 0.3 is 0 Å². The first kappa shape index (κ1) is 14.8. The van der Waals surface area contributed by atoms with E-state index in [2.05, 4.69) is 36.5 Å². The largest absolute Gasteiger partial charge is 0.472 e. The van der Waals surface area contributed by atoms with Crippen LogP contribution in [0.2, 0.25) is 0 Å². The molecule has 3 heteroatoms. The molecule has 2 rings (SSSR count). The molecule has 0 fully saturated rings. The Balaban J connectivity index is 2.00. The summed E-state index contributed by atoms with van der Waals surface area (Å²) in [5, 5.41) is 3.46. The second kappa shape index (κ2) is 7.88. The van der Waals surface area contributed by atoms with E-state index in [4.69, 9.17) is 9.15 Å². The van der Waals surface area contributed by atoms with E-state index in [1.807, 2.05) is 12.3 Å². The average molecular weight is 273 g/mol. The molecule has 0 amide bonds. The number of rotatable bonds is 8. The highest BCUT2D eigenvalue weighted by Crippen LogP contribution is 2.21. The first-order valence-corrected chi connectivity index (χ1v) is 7.07. The van der Waals surface area contributed by atoms with Crippen molar-refractivity contribution in [1.82, 2.24) is 5.32 Å². The molecule has 0 saturated carbocycles. The number of furan rings is 1. The Hall–Kier alpha value is -1.58. The molecule has 1 atom stereocenters. The topological polar surface area (TPSA) is 34.4 Å². The minimum Gasteiger partial charge on any atom is -0.472 e. The van der Waals surface area contributed by atoms with Gasteiger partial charge < -0.3 is 14.5 Å². The van der Waals surface area contributed by atoms with E-state index < -0.39 is 0 Å².